The van der Waals surface area contributed by atoms with E-state index in [1.54, 1.807) is 36.4 Å². The van der Waals surface area contributed by atoms with E-state index in [1.807, 2.05) is 0 Å². The van der Waals surface area contributed by atoms with Gasteiger partial charge in [0.25, 0.3) is 11.8 Å². The van der Waals surface area contributed by atoms with Gasteiger partial charge in [0.05, 0.1) is 27.7 Å². The maximum atomic E-state index is 12.6. The van der Waals surface area contributed by atoms with Crippen molar-refractivity contribution in [3.63, 3.8) is 0 Å². The summed E-state index contributed by atoms with van der Waals surface area (Å²) in [6.07, 6.45) is 0. The van der Waals surface area contributed by atoms with Gasteiger partial charge in [-0.15, -0.1) is 11.6 Å². The van der Waals surface area contributed by atoms with E-state index in [2.05, 4.69) is 0 Å². The highest BCUT2D eigenvalue weighted by molar-refractivity contribution is 6.39. The minimum atomic E-state index is -0.490. The Bertz CT molecular complexity index is 895. The molecule has 0 fully saturated rings. The van der Waals surface area contributed by atoms with Crippen LogP contribution in [0.4, 0.5) is 5.69 Å². The van der Waals surface area contributed by atoms with E-state index in [4.69, 9.17) is 34.8 Å². The Morgan fingerprint density at radius 2 is 1.62 bits per heavy atom. The van der Waals surface area contributed by atoms with E-state index in [1.165, 1.54) is 11.9 Å². The van der Waals surface area contributed by atoms with Crippen molar-refractivity contribution in [2.75, 3.05) is 18.5 Å². The average molecular weight is 412 g/mol. The highest BCUT2D eigenvalue weighted by atomic mass is 35.5. The summed E-state index contributed by atoms with van der Waals surface area (Å²) in [4.78, 5) is 39.6. The molecule has 0 saturated carbocycles. The first-order chi connectivity index (χ1) is 12.4. The number of rotatable bonds is 4. The summed E-state index contributed by atoms with van der Waals surface area (Å²) in [7, 11) is 1.51. The molecule has 26 heavy (non-hydrogen) atoms. The molecule has 0 N–H and O–H groups in total. The normalized spacial score (nSPS) is 13.2. The fourth-order valence-electron chi connectivity index (χ4n) is 2.73. The van der Waals surface area contributed by atoms with Gasteiger partial charge in [-0.25, -0.2) is 0 Å². The number of amides is 3. The summed E-state index contributed by atoms with van der Waals surface area (Å²) in [5.41, 5.74) is 1.49. The van der Waals surface area contributed by atoms with E-state index in [-0.39, 0.29) is 10.9 Å². The van der Waals surface area contributed by atoms with Crippen molar-refractivity contribution in [2.24, 2.45) is 0 Å². The predicted octanol–water partition coefficient (Wildman–Crippen LogP) is 3.99. The number of hydrogen-bond acceptors (Lipinski definition) is 3. The lowest BCUT2D eigenvalue weighted by Crippen LogP contribution is -2.41. The van der Waals surface area contributed by atoms with E-state index < -0.39 is 24.3 Å². The molecule has 0 bridgehead atoms. The van der Waals surface area contributed by atoms with E-state index >= 15 is 0 Å². The molecular formula is C18H13Cl3N2O3. The van der Waals surface area contributed by atoms with Crippen LogP contribution >= 0.6 is 34.8 Å². The molecule has 1 heterocycles. The zero-order valence-electron chi connectivity index (χ0n) is 13.6. The van der Waals surface area contributed by atoms with Crippen LogP contribution in [0.5, 0.6) is 0 Å². The van der Waals surface area contributed by atoms with Crippen molar-refractivity contribution in [2.45, 2.75) is 5.88 Å². The summed E-state index contributed by atoms with van der Waals surface area (Å²) in [6.45, 7) is -0.391. The first-order valence-electron chi connectivity index (χ1n) is 7.61. The van der Waals surface area contributed by atoms with Crippen LogP contribution in [-0.2, 0) is 10.7 Å². The van der Waals surface area contributed by atoms with Gasteiger partial charge in [-0.05, 0) is 24.3 Å². The van der Waals surface area contributed by atoms with Crippen molar-refractivity contribution in [3.05, 3.63) is 63.1 Å². The number of fused-ring (bicyclic) bond motifs is 1. The fraction of sp³-hybridized carbons (Fsp3) is 0.167. The minimum Gasteiger partial charge on any atom is -0.312 e. The van der Waals surface area contributed by atoms with Gasteiger partial charge in [0.15, 0.2) is 0 Å². The minimum absolute atomic E-state index is 0.0892. The maximum absolute atomic E-state index is 12.6. The zero-order chi connectivity index (χ0) is 19.0. The van der Waals surface area contributed by atoms with Crippen molar-refractivity contribution >= 4 is 58.2 Å². The lowest BCUT2D eigenvalue weighted by Gasteiger charge is -2.23. The van der Waals surface area contributed by atoms with Crippen LogP contribution < -0.4 is 4.90 Å². The van der Waals surface area contributed by atoms with Crippen LogP contribution in [0.1, 0.15) is 26.3 Å². The van der Waals surface area contributed by atoms with E-state index in [9.17, 15) is 14.4 Å². The molecular weight excluding hydrogens is 399 g/mol. The van der Waals surface area contributed by atoms with Gasteiger partial charge in [-0.2, -0.15) is 0 Å². The molecule has 134 valence electrons. The highest BCUT2D eigenvalue weighted by Crippen LogP contribution is 2.35. The molecule has 3 amide bonds. The summed E-state index contributed by atoms with van der Waals surface area (Å²) in [5.74, 6) is -1.36. The number of carbonyl (C=O) groups excluding carboxylic acids is 3. The van der Waals surface area contributed by atoms with Crippen LogP contribution in [0, 0.1) is 0 Å². The second kappa shape index (κ2) is 7.27. The Kier molecular flexibility index (Phi) is 5.23. The van der Waals surface area contributed by atoms with Crippen molar-refractivity contribution < 1.29 is 14.4 Å². The summed E-state index contributed by atoms with van der Waals surface area (Å²) < 4.78 is 0. The van der Waals surface area contributed by atoms with E-state index in [0.717, 1.165) is 4.90 Å². The molecule has 2 aromatic rings. The Morgan fingerprint density at radius 3 is 2.15 bits per heavy atom. The summed E-state index contributed by atoms with van der Waals surface area (Å²) >= 11 is 18.2. The molecule has 2 aromatic carbocycles. The van der Waals surface area contributed by atoms with Crippen molar-refractivity contribution in [1.82, 2.24) is 4.90 Å². The van der Waals surface area contributed by atoms with Crippen LogP contribution in [0.15, 0.2) is 36.4 Å². The third kappa shape index (κ3) is 3.07. The first-order valence-corrected chi connectivity index (χ1v) is 8.90. The van der Waals surface area contributed by atoms with Crippen LogP contribution in [0.2, 0.25) is 10.0 Å². The Balaban J connectivity index is 1.84. The predicted molar refractivity (Wildman–Crippen MR) is 101 cm³/mol. The quantitative estimate of drug-likeness (QED) is 0.564. The molecule has 5 nitrogen and oxygen atoms in total. The van der Waals surface area contributed by atoms with Crippen LogP contribution in [-0.4, -0.2) is 36.2 Å². The van der Waals surface area contributed by atoms with Gasteiger partial charge in [0.1, 0.15) is 6.54 Å². The SMILES string of the molecule is CN(C(=O)CN1C(=O)c2ccccc2C1=O)c1ccc(Cl)c(CCl)c1Cl. The molecule has 1 aliphatic rings. The number of imide groups is 1. The zero-order valence-corrected chi connectivity index (χ0v) is 15.9. The highest BCUT2D eigenvalue weighted by Gasteiger charge is 2.37. The lowest BCUT2D eigenvalue weighted by atomic mass is 10.1. The molecule has 0 radical (unpaired) electrons. The molecule has 3 rings (SSSR count). The van der Waals surface area contributed by atoms with Gasteiger partial charge < -0.3 is 4.90 Å². The summed E-state index contributed by atoms with van der Waals surface area (Å²) in [5, 5.41) is 0.653. The largest absolute Gasteiger partial charge is 0.312 e. The number of alkyl halides is 1. The van der Waals surface area contributed by atoms with Gasteiger partial charge in [0.2, 0.25) is 5.91 Å². The molecule has 8 heteroatoms. The van der Waals surface area contributed by atoms with Crippen LogP contribution in [0.3, 0.4) is 0 Å². The van der Waals surface area contributed by atoms with Gasteiger partial charge >= 0.3 is 0 Å². The number of likely N-dealkylation sites (N-methyl/N-ethyl adjacent to an activating group) is 1. The van der Waals surface area contributed by atoms with Gasteiger partial charge in [-0.3, -0.25) is 19.3 Å². The molecule has 0 atom stereocenters. The van der Waals surface area contributed by atoms with Crippen LogP contribution in [0.25, 0.3) is 0 Å². The number of hydrogen-bond donors (Lipinski definition) is 0. The molecule has 0 aliphatic carbocycles. The van der Waals surface area contributed by atoms with E-state index in [0.29, 0.717) is 27.4 Å². The number of carbonyl (C=O) groups is 3. The van der Waals surface area contributed by atoms with Crippen molar-refractivity contribution in [1.29, 1.82) is 0 Å². The smallest absolute Gasteiger partial charge is 0.262 e. The van der Waals surface area contributed by atoms with Gasteiger partial charge in [-0.1, -0.05) is 35.3 Å². The molecule has 1 aliphatic heterocycles. The lowest BCUT2D eigenvalue weighted by molar-refractivity contribution is -0.118. The first kappa shape index (κ1) is 18.7. The number of nitrogens with zero attached hydrogens (tertiary/aromatic N) is 2. The number of anilines is 1. The Labute approximate surface area is 165 Å². The Morgan fingerprint density at radius 1 is 1.04 bits per heavy atom. The summed E-state index contributed by atoms with van der Waals surface area (Å²) in [6, 6.07) is 9.64. The molecule has 0 spiro atoms. The molecule has 0 saturated heterocycles. The maximum Gasteiger partial charge on any atom is 0.262 e. The fourth-order valence-corrected chi connectivity index (χ4v) is 3.77. The molecule has 0 unspecified atom stereocenters. The topological polar surface area (TPSA) is 57.7 Å². The second-order valence-corrected chi connectivity index (χ2v) is 6.74. The second-order valence-electron chi connectivity index (χ2n) is 5.69. The monoisotopic (exact) mass is 410 g/mol. The average Bonchev–Trinajstić information content (AvgIpc) is 2.87. The van der Waals surface area contributed by atoms with Gasteiger partial charge in [0, 0.05) is 17.6 Å². The Hall–Kier alpha value is -2.08. The standard InChI is InChI=1S/C18H13Cl3N2O3/c1-22(14-7-6-13(20)12(8-19)16(14)21)15(24)9-23-17(25)10-4-2-3-5-11(10)18(23)26/h2-7H,8-9H2,1H3. The third-order valence-corrected chi connectivity index (χ3v) is 5.25. The number of benzene rings is 2. The number of halogens is 3. The van der Waals surface area contributed by atoms with Crippen molar-refractivity contribution in [3.8, 4) is 0 Å². The molecule has 0 aromatic heterocycles. The third-order valence-electron chi connectivity index (χ3n) is 4.21.